The van der Waals surface area contributed by atoms with Crippen LogP contribution in [-0.4, -0.2) is 17.7 Å². The Morgan fingerprint density at radius 2 is 1.58 bits per heavy atom. The number of ether oxygens (including phenoxy) is 1. The minimum absolute atomic E-state index is 0.254. The average Bonchev–Trinajstić information content (AvgIpc) is 2.80. The normalized spacial score (nSPS) is 12.0. The van der Waals surface area contributed by atoms with E-state index in [4.69, 9.17) is 9.84 Å². The van der Waals surface area contributed by atoms with Crippen molar-refractivity contribution in [2.75, 3.05) is 6.61 Å². The molecule has 0 heterocycles. The number of carbonyl (C=O) groups is 1. The number of rotatable bonds is 17. The summed E-state index contributed by atoms with van der Waals surface area (Å²) < 4.78 is 6.02. The molecule has 3 nitrogen and oxygen atoms in total. The third-order valence-corrected chi connectivity index (χ3v) is 6.62. The van der Waals surface area contributed by atoms with E-state index in [1.54, 1.807) is 0 Å². The first-order valence-corrected chi connectivity index (χ1v) is 13.0. The van der Waals surface area contributed by atoms with Crippen LogP contribution in [0.3, 0.4) is 0 Å². The van der Waals surface area contributed by atoms with Crippen LogP contribution in [0.1, 0.15) is 93.4 Å². The van der Waals surface area contributed by atoms with Crippen molar-refractivity contribution < 1.29 is 14.6 Å². The molecule has 1 atom stereocenters. The molecule has 33 heavy (non-hydrogen) atoms. The minimum Gasteiger partial charge on any atom is -0.494 e. The highest BCUT2D eigenvalue weighted by Crippen LogP contribution is 2.23. The molecule has 2 aromatic carbocycles. The molecule has 1 N–H and O–H groups in total. The molecule has 3 heteroatoms. The first kappa shape index (κ1) is 27.0. The van der Waals surface area contributed by atoms with Crippen LogP contribution in [0.2, 0.25) is 0 Å². The monoisotopic (exact) mass is 452 g/mol. The lowest BCUT2D eigenvalue weighted by Crippen LogP contribution is -2.08. The van der Waals surface area contributed by atoms with Crippen molar-refractivity contribution >= 4 is 5.97 Å². The topological polar surface area (TPSA) is 46.5 Å². The molecule has 0 aliphatic carbocycles. The maximum Gasteiger partial charge on any atom is 0.303 e. The number of hydrogen-bond donors (Lipinski definition) is 1. The Bertz CT molecular complexity index is 810. The molecule has 2 rings (SSSR count). The van der Waals surface area contributed by atoms with Gasteiger partial charge in [-0.3, -0.25) is 4.79 Å². The number of benzene rings is 2. The van der Waals surface area contributed by atoms with Gasteiger partial charge in [0, 0.05) is 6.42 Å². The Hall–Kier alpha value is -2.29. The van der Waals surface area contributed by atoms with Crippen LogP contribution in [-0.2, 0) is 17.6 Å². The molecule has 1 unspecified atom stereocenters. The van der Waals surface area contributed by atoms with Crippen molar-refractivity contribution in [2.45, 2.75) is 97.8 Å². The van der Waals surface area contributed by atoms with Crippen LogP contribution in [0.25, 0.3) is 0 Å². The van der Waals surface area contributed by atoms with Gasteiger partial charge in [0.25, 0.3) is 0 Å². The van der Waals surface area contributed by atoms with Crippen LogP contribution in [0, 0.1) is 19.8 Å². The van der Waals surface area contributed by atoms with E-state index in [0.29, 0.717) is 0 Å². The fourth-order valence-electron chi connectivity index (χ4n) is 4.39. The fourth-order valence-corrected chi connectivity index (χ4v) is 4.39. The van der Waals surface area contributed by atoms with Gasteiger partial charge in [-0.15, -0.1) is 0 Å². The molecule has 0 radical (unpaired) electrons. The number of carboxylic acid groups (broad SMARTS) is 1. The molecule has 0 amide bonds. The van der Waals surface area contributed by atoms with Crippen LogP contribution in [0.5, 0.6) is 5.75 Å². The average molecular weight is 453 g/mol. The summed E-state index contributed by atoms with van der Waals surface area (Å²) in [4.78, 5) is 10.6. The summed E-state index contributed by atoms with van der Waals surface area (Å²) in [5.74, 6) is 0.939. The van der Waals surface area contributed by atoms with Gasteiger partial charge in [0.1, 0.15) is 5.75 Å². The van der Waals surface area contributed by atoms with E-state index < -0.39 is 5.97 Å². The SMILES string of the molecule is CCCCCCC(CCCOc1ccc(CCCCC(=O)O)cc1)Cc1ccc(C)c(C)c1. The van der Waals surface area contributed by atoms with Crippen molar-refractivity contribution in [1.29, 1.82) is 0 Å². The van der Waals surface area contributed by atoms with E-state index in [9.17, 15) is 4.79 Å². The van der Waals surface area contributed by atoms with E-state index in [-0.39, 0.29) is 6.42 Å². The molecular weight excluding hydrogens is 408 g/mol. The Morgan fingerprint density at radius 1 is 0.848 bits per heavy atom. The van der Waals surface area contributed by atoms with Gasteiger partial charge < -0.3 is 9.84 Å². The largest absolute Gasteiger partial charge is 0.494 e. The molecule has 0 saturated carbocycles. The summed E-state index contributed by atoms with van der Waals surface area (Å²) in [6.07, 6.45) is 12.9. The molecule has 0 aromatic heterocycles. The first-order valence-electron chi connectivity index (χ1n) is 13.0. The predicted molar refractivity (Wildman–Crippen MR) is 138 cm³/mol. The van der Waals surface area contributed by atoms with Crippen molar-refractivity contribution in [3.63, 3.8) is 0 Å². The number of unbranched alkanes of at least 4 members (excludes halogenated alkanes) is 4. The highest BCUT2D eigenvalue weighted by Gasteiger charge is 2.11. The quantitative estimate of drug-likeness (QED) is 0.247. The molecule has 182 valence electrons. The zero-order chi connectivity index (χ0) is 23.9. The minimum atomic E-state index is -0.712. The smallest absolute Gasteiger partial charge is 0.303 e. The lowest BCUT2D eigenvalue weighted by molar-refractivity contribution is -0.137. The highest BCUT2D eigenvalue weighted by atomic mass is 16.5. The van der Waals surface area contributed by atoms with Gasteiger partial charge in [-0.25, -0.2) is 0 Å². The van der Waals surface area contributed by atoms with E-state index in [1.807, 2.05) is 12.1 Å². The predicted octanol–water partition coefficient (Wildman–Crippen LogP) is 8.09. The second kappa shape index (κ2) is 15.5. The fraction of sp³-hybridized carbons (Fsp3) is 0.567. The van der Waals surface area contributed by atoms with Gasteiger partial charge in [-0.05, 0) is 92.7 Å². The van der Waals surface area contributed by atoms with Gasteiger partial charge >= 0.3 is 5.97 Å². The van der Waals surface area contributed by atoms with Crippen LogP contribution >= 0.6 is 0 Å². The standard InChI is InChI=1S/C30H44O3/c1-4-5-6-7-12-27(23-28-16-15-24(2)25(3)22-28)13-10-21-33-29-19-17-26(18-20-29)11-8-9-14-30(31)32/h15-20,22,27H,4-14,21,23H2,1-3H3,(H,31,32). The Morgan fingerprint density at radius 3 is 2.27 bits per heavy atom. The van der Waals surface area contributed by atoms with Crippen LogP contribution < -0.4 is 4.74 Å². The molecule has 0 aliphatic heterocycles. The summed E-state index contributed by atoms with van der Waals surface area (Å²) in [5.41, 5.74) is 5.48. The molecular formula is C30H44O3. The van der Waals surface area contributed by atoms with E-state index in [2.05, 4.69) is 51.1 Å². The van der Waals surface area contributed by atoms with E-state index in [0.717, 1.165) is 44.0 Å². The second-order valence-electron chi connectivity index (χ2n) is 9.57. The molecule has 0 saturated heterocycles. The van der Waals surface area contributed by atoms with Gasteiger partial charge in [0.05, 0.1) is 6.61 Å². The zero-order valence-electron chi connectivity index (χ0n) is 21.1. The Labute approximate surface area is 201 Å². The number of aliphatic carboxylic acids is 1. The van der Waals surface area contributed by atoms with Crippen molar-refractivity contribution in [1.82, 2.24) is 0 Å². The van der Waals surface area contributed by atoms with Gasteiger partial charge in [-0.2, -0.15) is 0 Å². The Kier molecular flexibility index (Phi) is 12.7. The van der Waals surface area contributed by atoms with E-state index in [1.165, 1.54) is 67.2 Å². The lowest BCUT2D eigenvalue weighted by Gasteiger charge is -2.18. The highest BCUT2D eigenvalue weighted by molar-refractivity contribution is 5.66. The maximum atomic E-state index is 10.6. The maximum absolute atomic E-state index is 10.6. The number of carboxylic acids is 1. The van der Waals surface area contributed by atoms with Gasteiger partial charge in [-0.1, -0.05) is 69.4 Å². The lowest BCUT2D eigenvalue weighted by atomic mass is 9.89. The van der Waals surface area contributed by atoms with Gasteiger partial charge in [0.15, 0.2) is 0 Å². The second-order valence-corrected chi connectivity index (χ2v) is 9.57. The Balaban J connectivity index is 1.75. The molecule has 0 fully saturated rings. The summed E-state index contributed by atoms with van der Waals surface area (Å²) >= 11 is 0. The molecule has 0 bridgehead atoms. The molecule has 2 aromatic rings. The third kappa shape index (κ3) is 11.4. The number of aryl methyl sites for hydroxylation is 3. The van der Waals surface area contributed by atoms with Gasteiger partial charge in [0.2, 0.25) is 0 Å². The van der Waals surface area contributed by atoms with Crippen molar-refractivity contribution in [2.24, 2.45) is 5.92 Å². The number of hydrogen-bond acceptors (Lipinski definition) is 2. The van der Waals surface area contributed by atoms with Crippen molar-refractivity contribution in [3.8, 4) is 5.75 Å². The zero-order valence-corrected chi connectivity index (χ0v) is 21.1. The van der Waals surface area contributed by atoms with Crippen LogP contribution in [0.15, 0.2) is 42.5 Å². The summed E-state index contributed by atoms with van der Waals surface area (Å²) in [7, 11) is 0. The summed E-state index contributed by atoms with van der Waals surface area (Å²) in [6.45, 7) is 7.43. The van der Waals surface area contributed by atoms with E-state index >= 15 is 0 Å². The van der Waals surface area contributed by atoms with Crippen LogP contribution in [0.4, 0.5) is 0 Å². The first-order chi connectivity index (χ1) is 16.0. The third-order valence-electron chi connectivity index (χ3n) is 6.62. The molecule has 0 aliphatic rings. The summed E-state index contributed by atoms with van der Waals surface area (Å²) in [6, 6.07) is 15.2. The van der Waals surface area contributed by atoms with Crippen molar-refractivity contribution in [3.05, 3.63) is 64.7 Å². The summed E-state index contributed by atoms with van der Waals surface area (Å²) in [5, 5.41) is 8.73. The molecule has 0 spiro atoms.